The van der Waals surface area contributed by atoms with Crippen molar-refractivity contribution in [2.75, 3.05) is 13.1 Å². The zero-order valence-electron chi connectivity index (χ0n) is 16.0. The number of esters is 1. The number of hydrogen-bond acceptors (Lipinski definition) is 7. The monoisotopic (exact) mass is 397 g/mol. The molecule has 0 N–H and O–H groups in total. The van der Waals surface area contributed by atoms with E-state index < -0.39 is 16.9 Å². The van der Waals surface area contributed by atoms with E-state index in [2.05, 4.69) is 18.7 Å². The van der Waals surface area contributed by atoms with Crippen LogP contribution < -0.4 is 9.57 Å². The minimum Gasteiger partial charge on any atom is -0.402 e. The highest BCUT2D eigenvalue weighted by Gasteiger charge is 2.32. The third-order valence-electron chi connectivity index (χ3n) is 5.11. The predicted octanol–water partition coefficient (Wildman–Crippen LogP) is 2.48. The number of nitro groups is 1. The smallest absolute Gasteiger partial charge is 0.356 e. The van der Waals surface area contributed by atoms with Crippen molar-refractivity contribution < 1.29 is 24.1 Å². The quantitative estimate of drug-likeness (QED) is 0.445. The Morgan fingerprint density at radius 2 is 1.93 bits per heavy atom. The van der Waals surface area contributed by atoms with Gasteiger partial charge in [-0.1, -0.05) is 12.1 Å². The first kappa shape index (κ1) is 18.9. The van der Waals surface area contributed by atoms with E-state index in [1.165, 1.54) is 12.1 Å². The van der Waals surface area contributed by atoms with Crippen molar-refractivity contribution in [3.05, 3.63) is 52.1 Å². The maximum absolute atomic E-state index is 12.1. The van der Waals surface area contributed by atoms with Gasteiger partial charge in [0.25, 0.3) is 5.69 Å². The summed E-state index contributed by atoms with van der Waals surface area (Å²) in [5.41, 5.74) is 1.35. The molecule has 0 bridgehead atoms. The van der Waals surface area contributed by atoms with E-state index in [-0.39, 0.29) is 22.5 Å². The molecule has 9 nitrogen and oxygen atoms in total. The van der Waals surface area contributed by atoms with Crippen LogP contribution in [-0.2, 0) is 9.59 Å². The van der Waals surface area contributed by atoms with Crippen LogP contribution in [0.2, 0.25) is 0 Å². The minimum absolute atomic E-state index is 0.0266. The molecule has 0 atom stereocenters. The Bertz CT molecular complexity index is 1100. The molecule has 0 unspecified atom stereocenters. The van der Waals surface area contributed by atoms with E-state index >= 15 is 0 Å². The van der Waals surface area contributed by atoms with Crippen LogP contribution in [-0.4, -0.2) is 45.6 Å². The molecule has 0 aliphatic carbocycles. The second kappa shape index (κ2) is 7.17. The highest BCUT2D eigenvalue weighted by molar-refractivity contribution is 6.04. The summed E-state index contributed by atoms with van der Waals surface area (Å²) < 4.78 is 6.51. The maximum Gasteiger partial charge on any atom is 0.356 e. The summed E-state index contributed by atoms with van der Waals surface area (Å²) in [6.45, 7) is 5.61. The van der Waals surface area contributed by atoms with Gasteiger partial charge in [0.05, 0.1) is 21.4 Å². The first-order valence-corrected chi connectivity index (χ1v) is 9.24. The van der Waals surface area contributed by atoms with Gasteiger partial charge in [0.15, 0.2) is 0 Å². The number of nitro benzene ring substituents is 1. The molecule has 2 aliphatic rings. The number of carbonyl (C=O) groups is 2. The van der Waals surface area contributed by atoms with E-state index in [4.69, 9.17) is 9.57 Å². The van der Waals surface area contributed by atoms with E-state index in [9.17, 15) is 19.7 Å². The number of ether oxygens (including phenoxy) is 1. The van der Waals surface area contributed by atoms with Gasteiger partial charge in [-0.3, -0.25) is 15.0 Å². The fourth-order valence-corrected chi connectivity index (χ4v) is 3.67. The molecule has 2 aromatic rings. The van der Waals surface area contributed by atoms with Crippen molar-refractivity contribution in [1.82, 2.24) is 9.63 Å². The van der Waals surface area contributed by atoms with Crippen LogP contribution in [0.3, 0.4) is 0 Å². The summed E-state index contributed by atoms with van der Waals surface area (Å²) in [7, 11) is 0. The lowest BCUT2D eigenvalue weighted by Crippen LogP contribution is -2.34. The van der Waals surface area contributed by atoms with Crippen molar-refractivity contribution in [3.63, 3.8) is 0 Å². The Balaban J connectivity index is 1.99. The van der Waals surface area contributed by atoms with Crippen molar-refractivity contribution in [2.45, 2.75) is 26.3 Å². The zero-order valence-corrected chi connectivity index (χ0v) is 16.0. The molecule has 0 fully saturated rings. The fourth-order valence-electron chi connectivity index (χ4n) is 3.67. The Hall–Kier alpha value is -3.46. The number of carbonyl (C=O) groups excluding carboxylic acids is 2. The molecule has 0 spiro atoms. The summed E-state index contributed by atoms with van der Waals surface area (Å²) in [5, 5.41) is 12.0. The number of rotatable bonds is 3. The molecule has 3 heterocycles. The van der Waals surface area contributed by atoms with Crippen LogP contribution in [0.15, 0.2) is 36.4 Å². The second-order valence-corrected chi connectivity index (χ2v) is 7.14. The molecule has 2 aliphatic heterocycles. The predicted molar refractivity (Wildman–Crippen MR) is 104 cm³/mol. The van der Waals surface area contributed by atoms with Crippen LogP contribution in [0.5, 0.6) is 5.88 Å². The Labute approximate surface area is 165 Å². The molecular formula is C20H19N3O6. The lowest BCUT2D eigenvalue weighted by Gasteiger charge is -2.29. The van der Waals surface area contributed by atoms with Crippen LogP contribution in [0.4, 0.5) is 5.69 Å². The van der Waals surface area contributed by atoms with Crippen LogP contribution >= 0.6 is 0 Å². The maximum atomic E-state index is 12.1. The molecule has 1 aromatic heterocycles. The van der Waals surface area contributed by atoms with E-state index in [0.29, 0.717) is 24.6 Å². The fraction of sp³-hybridized carbons (Fsp3) is 0.300. The molecule has 0 radical (unpaired) electrons. The molecule has 9 heteroatoms. The summed E-state index contributed by atoms with van der Waals surface area (Å²) in [6.07, 6.45) is 4.50. The number of non-ortho nitro benzene ring substituents is 1. The van der Waals surface area contributed by atoms with Gasteiger partial charge in [-0.15, -0.1) is 4.73 Å². The van der Waals surface area contributed by atoms with Gasteiger partial charge in [0.2, 0.25) is 5.88 Å². The van der Waals surface area contributed by atoms with Crippen molar-refractivity contribution in [1.29, 1.82) is 0 Å². The van der Waals surface area contributed by atoms with Crippen molar-refractivity contribution in [3.8, 4) is 5.88 Å². The van der Waals surface area contributed by atoms with Crippen molar-refractivity contribution in [2.24, 2.45) is 0 Å². The van der Waals surface area contributed by atoms with E-state index in [1.807, 2.05) is 6.08 Å². The molecular weight excluding hydrogens is 378 g/mol. The van der Waals surface area contributed by atoms with Gasteiger partial charge in [-0.2, -0.15) is 0 Å². The third-order valence-corrected chi connectivity index (χ3v) is 5.11. The SMILES string of the molecule is CC(C)N1CC=C(c2c3n(c4cccc([N+](=O)[O-])c24)OC(=O)/C=C\C(=O)O3)CC1. The second-order valence-electron chi connectivity index (χ2n) is 7.14. The third kappa shape index (κ3) is 3.29. The molecule has 0 saturated heterocycles. The Kier molecular flexibility index (Phi) is 4.67. The van der Waals surface area contributed by atoms with E-state index in [1.54, 1.807) is 6.07 Å². The van der Waals surface area contributed by atoms with Gasteiger partial charge in [-0.05, 0) is 31.9 Å². The molecule has 0 saturated carbocycles. The van der Waals surface area contributed by atoms with Gasteiger partial charge in [0.1, 0.15) is 0 Å². The first-order chi connectivity index (χ1) is 13.9. The van der Waals surface area contributed by atoms with Crippen LogP contribution in [0.25, 0.3) is 16.5 Å². The van der Waals surface area contributed by atoms with Crippen LogP contribution in [0, 0.1) is 10.1 Å². The number of benzene rings is 1. The normalized spacial score (nSPS) is 18.5. The largest absolute Gasteiger partial charge is 0.402 e. The lowest BCUT2D eigenvalue weighted by molar-refractivity contribution is -0.383. The first-order valence-electron chi connectivity index (χ1n) is 9.24. The molecule has 150 valence electrons. The molecule has 4 rings (SSSR count). The average Bonchev–Trinajstić information content (AvgIpc) is 2.98. The number of nitrogens with zero attached hydrogens (tertiary/aromatic N) is 3. The Morgan fingerprint density at radius 1 is 1.17 bits per heavy atom. The van der Waals surface area contributed by atoms with E-state index in [0.717, 1.165) is 29.0 Å². The number of fused-ring (bicyclic) bond motifs is 3. The summed E-state index contributed by atoms with van der Waals surface area (Å²) in [6, 6.07) is 4.83. The highest BCUT2D eigenvalue weighted by atomic mass is 16.7. The standard InChI is InChI=1S/C20H19N3O6/c1-12(2)21-10-8-13(9-11-21)18-19-14(4-3-5-15(19)23(26)27)22-20(18)28-16(24)6-7-17(25)29-22/h3-8,12H,9-11H2,1-2H3/b7-6-. The lowest BCUT2D eigenvalue weighted by atomic mass is 9.97. The topological polar surface area (TPSA) is 104 Å². The molecule has 1 aromatic carbocycles. The average molecular weight is 397 g/mol. The Morgan fingerprint density at radius 3 is 2.59 bits per heavy atom. The number of hydrogen-bond donors (Lipinski definition) is 0. The highest BCUT2D eigenvalue weighted by Crippen LogP contribution is 2.43. The van der Waals surface area contributed by atoms with Gasteiger partial charge >= 0.3 is 11.9 Å². The summed E-state index contributed by atoms with van der Waals surface area (Å²) >= 11 is 0. The zero-order chi connectivity index (χ0) is 20.7. The van der Waals surface area contributed by atoms with Crippen molar-refractivity contribution >= 4 is 34.1 Å². The minimum atomic E-state index is -0.776. The molecule has 29 heavy (non-hydrogen) atoms. The van der Waals surface area contributed by atoms with Gasteiger partial charge in [-0.25, -0.2) is 9.59 Å². The number of aromatic nitrogens is 1. The molecule has 0 amide bonds. The van der Waals surface area contributed by atoms with Crippen LogP contribution in [0.1, 0.15) is 25.8 Å². The van der Waals surface area contributed by atoms with Gasteiger partial charge < -0.3 is 9.57 Å². The summed E-state index contributed by atoms with van der Waals surface area (Å²) in [4.78, 5) is 42.9. The van der Waals surface area contributed by atoms with Gasteiger partial charge in [0, 0.05) is 37.3 Å². The summed E-state index contributed by atoms with van der Waals surface area (Å²) in [5.74, 6) is -1.56.